The Hall–Kier alpha value is -2.63. The van der Waals surface area contributed by atoms with Gasteiger partial charge in [-0.05, 0) is 31.0 Å². The first-order chi connectivity index (χ1) is 10.5. The number of benzene rings is 1. The van der Waals surface area contributed by atoms with Crippen LogP contribution in [0.2, 0.25) is 0 Å². The lowest BCUT2D eigenvalue weighted by molar-refractivity contribution is -0.137. The SMILES string of the molecule is CC(CC(=O)O)NC(=O)CCc1cnn(-c2ccccc2)c1. The number of aromatic nitrogens is 2. The average molecular weight is 301 g/mol. The van der Waals surface area contributed by atoms with E-state index in [2.05, 4.69) is 10.4 Å². The molecular formula is C16H19N3O3. The minimum absolute atomic E-state index is 0.0717. The Morgan fingerprint density at radius 1 is 1.32 bits per heavy atom. The number of nitrogens with one attached hydrogen (secondary N) is 1. The maximum atomic E-state index is 11.8. The van der Waals surface area contributed by atoms with Crippen molar-refractivity contribution in [3.63, 3.8) is 0 Å². The summed E-state index contributed by atoms with van der Waals surface area (Å²) in [6, 6.07) is 9.36. The Bertz CT molecular complexity index is 637. The van der Waals surface area contributed by atoms with Gasteiger partial charge >= 0.3 is 5.97 Å². The fourth-order valence-electron chi connectivity index (χ4n) is 2.13. The van der Waals surface area contributed by atoms with E-state index in [0.29, 0.717) is 12.8 Å². The normalized spacial score (nSPS) is 11.9. The molecule has 0 bridgehead atoms. The molecule has 22 heavy (non-hydrogen) atoms. The zero-order valence-electron chi connectivity index (χ0n) is 12.4. The first-order valence-corrected chi connectivity index (χ1v) is 7.14. The van der Waals surface area contributed by atoms with Gasteiger partial charge in [0.15, 0.2) is 0 Å². The van der Waals surface area contributed by atoms with Crippen molar-refractivity contribution in [2.75, 3.05) is 0 Å². The number of para-hydroxylation sites is 1. The third-order valence-corrected chi connectivity index (χ3v) is 3.19. The van der Waals surface area contributed by atoms with E-state index in [9.17, 15) is 9.59 Å². The summed E-state index contributed by atoms with van der Waals surface area (Å²) in [5, 5.41) is 15.6. The van der Waals surface area contributed by atoms with Crippen LogP contribution < -0.4 is 5.32 Å². The quantitative estimate of drug-likeness (QED) is 0.816. The highest BCUT2D eigenvalue weighted by atomic mass is 16.4. The molecule has 1 aromatic heterocycles. The van der Waals surface area contributed by atoms with Crippen molar-refractivity contribution in [1.82, 2.24) is 15.1 Å². The number of carbonyl (C=O) groups is 2. The molecule has 1 unspecified atom stereocenters. The van der Waals surface area contributed by atoms with E-state index in [4.69, 9.17) is 5.11 Å². The summed E-state index contributed by atoms with van der Waals surface area (Å²) in [7, 11) is 0. The van der Waals surface area contributed by atoms with Crippen LogP contribution in [-0.4, -0.2) is 32.8 Å². The lowest BCUT2D eigenvalue weighted by Gasteiger charge is -2.10. The Morgan fingerprint density at radius 2 is 2.05 bits per heavy atom. The molecule has 6 nitrogen and oxygen atoms in total. The molecule has 0 aliphatic heterocycles. The number of carboxylic acids is 1. The summed E-state index contributed by atoms with van der Waals surface area (Å²) in [5.74, 6) is -1.07. The molecule has 1 aromatic carbocycles. The highest BCUT2D eigenvalue weighted by Gasteiger charge is 2.11. The second-order valence-corrected chi connectivity index (χ2v) is 5.20. The molecule has 0 fully saturated rings. The Morgan fingerprint density at radius 3 is 2.73 bits per heavy atom. The van der Waals surface area contributed by atoms with Gasteiger partial charge < -0.3 is 10.4 Å². The molecule has 0 aliphatic carbocycles. The number of amides is 1. The highest BCUT2D eigenvalue weighted by molar-refractivity contribution is 5.77. The van der Waals surface area contributed by atoms with E-state index in [-0.39, 0.29) is 18.4 Å². The highest BCUT2D eigenvalue weighted by Crippen LogP contribution is 2.09. The predicted molar refractivity (Wildman–Crippen MR) is 81.7 cm³/mol. The number of hydrogen-bond acceptors (Lipinski definition) is 3. The Labute approximate surface area is 128 Å². The van der Waals surface area contributed by atoms with Gasteiger partial charge in [-0.3, -0.25) is 9.59 Å². The molecule has 0 saturated heterocycles. The third kappa shape index (κ3) is 4.73. The van der Waals surface area contributed by atoms with Crippen LogP contribution in [0.3, 0.4) is 0 Å². The summed E-state index contributed by atoms with van der Waals surface area (Å²) < 4.78 is 1.76. The van der Waals surface area contributed by atoms with Crippen LogP contribution in [-0.2, 0) is 16.0 Å². The summed E-state index contributed by atoms with van der Waals surface area (Å²) in [6.07, 6.45) is 4.44. The van der Waals surface area contributed by atoms with Crippen LogP contribution in [0, 0.1) is 0 Å². The number of aliphatic carboxylic acids is 1. The lowest BCUT2D eigenvalue weighted by Crippen LogP contribution is -2.34. The molecule has 0 radical (unpaired) electrons. The Balaban J connectivity index is 1.84. The summed E-state index contributed by atoms with van der Waals surface area (Å²) >= 11 is 0. The van der Waals surface area contributed by atoms with Gasteiger partial charge in [0, 0.05) is 18.7 Å². The molecule has 2 rings (SSSR count). The van der Waals surface area contributed by atoms with Crippen molar-refractivity contribution in [2.45, 2.75) is 32.2 Å². The number of carbonyl (C=O) groups excluding carboxylic acids is 1. The molecule has 2 aromatic rings. The lowest BCUT2D eigenvalue weighted by atomic mass is 10.1. The number of carboxylic acid groups (broad SMARTS) is 1. The zero-order valence-corrected chi connectivity index (χ0v) is 12.4. The maximum absolute atomic E-state index is 11.8. The number of rotatable bonds is 7. The number of nitrogens with zero attached hydrogens (tertiary/aromatic N) is 2. The van der Waals surface area contributed by atoms with E-state index >= 15 is 0 Å². The van der Waals surface area contributed by atoms with Crippen molar-refractivity contribution in [3.8, 4) is 5.69 Å². The molecular weight excluding hydrogens is 282 g/mol. The molecule has 6 heteroatoms. The first-order valence-electron chi connectivity index (χ1n) is 7.14. The molecule has 1 atom stereocenters. The second-order valence-electron chi connectivity index (χ2n) is 5.20. The van der Waals surface area contributed by atoms with Crippen LogP contribution in [0.15, 0.2) is 42.7 Å². The van der Waals surface area contributed by atoms with E-state index in [1.807, 2.05) is 36.5 Å². The molecule has 2 N–H and O–H groups in total. The summed E-state index contributed by atoms with van der Waals surface area (Å²) in [4.78, 5) is 22.3. The second kappa shape index (κ2) is 7.40. The van der Waals surface area contributed by atoms with Crippen LogP contribution >= 0.6 is 0 Å². The van der Waals surface area contributed by atoms with Gasteiger partial charge in [0.1, 0.15) is 0 Å². The number of hydrogen-bond donors (Lipinski definition) is 2. The maximum Gasteiger partial charge on any atom is 0.305 e. The third-order valence-electron chi connectivity index (χ3n) is 3.19. The van der Waals surface area contributed by atoms with Gasteiger partial charge in [0.25, 0.3) is 0 Å². The number of aryl methyl sites for hydroxylation is 1. The van der Waals surface area contributed by atoms with Crippen LogP contribution in [0.1, 0.15) is 25.3 Å². The van der Waals surface area contributed by atoms with Gasteiger partial charge in [0.05, 0.1) is 18.3 Å². The minimum Gasteiger partial charge on any atom is -0.481 e. The smallest absolute Gasteiger partial charge is 0.305 e. The summed E-state index contributed by atoms with van der Waals surface area (Å²) in [5.41, 5.74) is 1.93. The molecule has 0 spiro atoms. The molecule has 0 aliphatic rings. The summed E-state index contributed by atoms with van der Waals surface area (Å²) in [6.45, 7) is 1.68. The van der Waals surface area contributed by atoms with Gasteiger partial charge in [-0.1, -0.05) is 18.2 Å². The fraction of sp³-hybridized carbons (Fsp3) is 0.312. The van der Waals surface area contributed by atoms with Crippen molar-refractivity contribution in [1.29, 1.82) is 0 Å². The Kier molecular flexibility index (Phi) is 5.30. The first kappa shape index (κ1) is 15.8. The molecule has 1 heterocycles. The van der Waals surface area contributed by atoms with E-state index < -0.39 is 5.97 Å². The van der Waals surface area contributed by atoms with Crippen molar-refractivity contribution < 1.29 is 14.7 Å². The monoisotopic (exact) mass is 301 g/mol. The molecule has 116 valence electrons. The topological polar surface area (TPSA) is 84.2 Å². The van der Waals surface area contributed by atoms with Gasteiger partial charge in [-0.2, -0.15) is 5.10 Å². The fourth-order valence-corrected chi connectivity index (χ4v) is 2.13. The van der Waals surface area contributed by atoms with E-state index in [0.717, 1.165) is 11.3 Å². The standard InChI is InChI=1S/C16H19N3O3/c1-12(9-16(21)22)18-15(20)8-7-13-10-17-19(11-13)14-5-3-2-4-6-14/h2-6,10-12H,7-9H2,1H3,(H,18,20)(H,21,22). The molecule has 1 amide bonds. The van der Waals surface area contributed by atoms with Gasteiger partial charge in [-0.15, -0.1) is 0 Å². The largest absolute Gasteiger partial charge is 0.481 e. The molecule has 0 saturated carbocycles. The van der Waals surface area contributed by atoms with Crippen molar-refractivity contribution >= 4 is 11.9 Å². The van der Waals surface area contributed by atoms with Crippen LogP contribution in [0.4, 0.5) is 0 Å². The van der Waals surface area contributed by atoms with Crippen LogP contribution in [0.25, 0.3) is 5.69 Å². The van der Waals surface area contributed by atoms with E-state index in [1.165, 1.54) is 0 Å². The van der Waals surface area contributed by atoms with Crippen molar-refractivity contribution in [3.05, 3.63) is 48.3 Å². The zero-order chi connectivity index (χ0) is 15.9. The average Bonchev–Trinajstić information content (AvgIpc) is 2.94. The van der Waals surface area contributed by atoms with Crippen LogP contribution in [0.5, 0.6) is 0 Å². The predicted octanol–water partition coefficient (Wildman–Crippen LogP) is 1.78. The van der Waals surface area contributed by atoms with E-state index in [1.54, 1.807) is 17.8 Å². The minimum atomic E-state index is -0.920. The van der Waals surface area contributed by atoms with Gasteiger partial charge in [-0.25, -0.2) is 4.68 Å². The van der Waals surface area contributed by atoms with Crippen molar-refractivity contribution in [2.24, 2.45) is 0 Å². The van der Waals surface area contributed by atoms with Gasteiger partial charge in [0.2, 0.25) is 5.91 Å².